The number of rotatable bonds is 4. The molecule has 0 spiro atoms. The number of carbonyl (C=O) groups is 1. The fourth-order valence-electron chi connectivity index (χ4n) is 1.81. The molecule has 0 bridgehead atoms. The van der Waals surface area contributed by atoms with Crippen LogP contribution >= 0.6 is 0 Å². The van der Waals surface area contributed by atoms with Crippen LogP contribution in [0.25, 0.3) is 0 Å². The summed E-state index contributed by atoms with van der Waals surface area (Å²) >= 11 is 0. The number of hydrogen-bond acceptors (Lipinski definition) is 4. The Morgan fingerprint density at radius 1 is 1.05 bits per heavy atom. The molecule has 2 aromatic rings. The van der Waals surface area contributed by atoms with Gasteiger partial charge in [0.05, 0.1) is 19.8 Å². The van der Waals surface area contributed by atoms with E-state index in [1.54, 1.807) is 24.3 Å². The first-order valence-electron chi connectivity index (χ1n) is 6.03. The van der Waals surface area contributed by atoms with Gasteiger partial charge >= 0.3 is 0 Å². The predicted molar refractivity (Wildman–Crippen MR) is 78.4 cm³/mol. The summed E-state index contributed by atoms with van der Waals surface area (Å²) < 4.78 is 10.3. The van der Waals surface area contributed by atoms with Crippen molar-refractivity contribution in [3.63, 3.8) is 0 Å². The van der Waals surface area contributed by atoms with Crippen LogP contribution < -0.4 is 20.5 Å². The summed E-state index contributed by atoms with van der Waals surface area (Å²) in [5, 5.41) is 2.77. The van der Waals surface area contributed by atoms with Gasteiger partial charge < -0.3 is 20.5 Å². The molecular formula is C15H16N2O3. The van der Waals surface area contributed by atoms with Gasteiger partial charge in [0.2, 0.25) is 0 Å². The first kappa shape index (κ1) is 13.7. The van der Waals surface area contributed by atoms with Gasteiger partial charge in [-0.1, -0.05) is 18.2 Å². The average molecular weight is 272 g/mol. The van der Waals surface area contributed by atoms with Crippen molar-refractivity contribution < 1.29 is 14.3 Å². The highest BCUT2D eigenvalue weighted by molar-refractivity contribution is 6.08. The number of methoxy groups -OCH3 is 2. The van der Waals surface area contributed by atoms with Gasteiger partial charge in [0.15, 0.2) is 11.5 Å². The van der Waals surface area contributed by atoms with E-state index in [-0.39, 0.29) is 5.91 Å². The Labute approximate surface area is 117 Å². The van der Waals surface area contributed by atoms with Gasteiger partial charge in [0.1, 0.15) is 0 Å². The van der Waals surface area contributed by atoms with Crippen molar-refractivity contribution in [2.75, 3.05) is 25.3 Å². The van der Waals surface area contributed by atoms with Crippen molar-refractivity contribution >= 4 is 17.3 Å². The Balaban J connectivity index is 2.30. The number of nitrogens with one attached hydrogen (secondary N) is 1. The summed E-state index contributed by atoms with van der Waals surface area (Å²) in [4.78, 5) is 12.2. The van der Waals surface area contributed by atoms with Gasteiger partial charge in [-0.3, -0.25) is 4.79 Å². The summed E-state index contributed by atoms with van der Waals surface area (Å²) in [6.45, 7) is 0. The van der Waals surface area contributed by atoms with E-state index in [1.165, 1.54) is 14.2 Å². The van der Waals surface area contributed by atoms with Crippen molar-refractivity contribution in [1.82, 2.24) is 0 Å². The maximum absolute atomic E-state index is 12.2. The number of amides is 1. The van der Waals surface area contributed by atoms with E-state index in [4.69, 9.17) is 15.2 Å². The van der Waals surface area contributed by atoms with Gasteiger partial charge in [-0.05, 0) is 18.2 Å². The van der Waals surface area contributed by atoms with E-state index >= 15 is 0 Å². The Morgan fingerprint density at radius 2 is 1.65 bits per heavy atom. The second-order valence-electron chi connectivity index (χ2n) is 4.11. The number of benzene rings is 2. The minimum atomic E-state index is -0.297. The lowest BCUT2D eigenvalue weighted by molar-refractivity contribution is 0.102. The van der Waals surface area contributed by atoms with Crippen LogP contribution in [-0.2, 0) is 0 Å². The van der Waals surface area contributed by atoms with Crippen molar-refractivity contribution in [3.05, 3.63) is 48.0 Å². The third-order valence-electron chi connectivity index (χ3n) is 2.83. The first-order chi connectivity index (χ1) is 9.65. The maximum Gasteiger partial charge on any atom is 0.257 e. The summed E-state index contributed by atoms with van der Waals surface area (Å²) in [5.74, 6) is 0.649. The molecule has 0 saturated carbocycles. The number of ether oxygens (including phenoxy) is 2. The molecule has 104 valence electrons. The lowest BCUT2D eigenvalue weighted by Gasteiger charge is -2.12. The van der Waals surface area contributed by atoms with E-state index in [2.05, 4.69) is 5.32 Å². The fraction of sp³-hybridized carbons (Fsp3) is 0.133. The molecule has 0 unspecified atom stereocenters. The van der Waals surface area contributed by atoms with Crippen molar-refractivity contribution in [1.29, 1.82) is 0 Å². The van der Waals surface area contributed by atoms with Crippen LogP contribution in [0.4, 0.5) is 11.4 Å². The SMILES string of the molecule is COc1cc(N)c(C(=O)Nc2ccccc2)cc1OC. The summed E-state index contributed by atoms with van der Waals surface area (Å²) in [7, 11) is 3.02. The van der Waals surface area contributed by atoms with E-state index in [1.807, 2.05) is 18.2 Å². The number of nitrogen functional groups attached to an aromatic ring is 1. The van der Waals surface area contributed by atoms with Crippen LogP contribution in [0.1, 0.15) is 10.4 Å². The molecule has 1 amide bonds. The van der Waals surface area contributed by atoms with Crippen LogP contribution in [0.15, 0.2) is 42.5 Å². The van der Waals surface area contributed by atoms with Gasteiger partial charge in [-0.2, -0.15) is 0 Å². The van der Waals surface area contributed by atoms with Crippen molar-refractivity contribution in [3.8, 4) is 11.5 Å². The third-order valence-corrected chi connectivity index (χ3v) is 2.83. The Kier molecular flexibility index (Phi) is 4.10. The minimum absolute atomic E-state index is 0.297. The molecule has 0 aromatic heterocycles. The highest BCUT2D eigenvalue weighted by atomic mass is 16.5. The molecule has 0 heterocycles. The maximum atomic E-state index is 12.2. The molecular weight excluding hydrogens is 256 g/mol. The van der Waals surface area contributed by atoms with Crippen molar-refractivity contribution in [2.24, 2.45) is 0 Å². The minimum Gasteiger partial charge on any atom is -0.493 e. The van der Waals surface area contributed by atoms with E-state index in [9.17, 15) is 4.79 Å². The number of nitrogens with two attached hydrogens (primary N) is 1. The molecule has 0 atom stereocenters. The van der Waals surface area contributed by atoms with E-state index in [0.29, 0.717) is 28.4 Å². The molecule has 5 heteroatoms. The monoisotopic (exact) mass is 272 g/mol. The highest BCUT2D eigenvalue weighted by Gasteiger charge is 2.15. The molecule has 0 aliphatic carbocycles. The van der Waals surface area contributed by atoms with Crippen LogP contribution in [0, 0.1) is 0 Å². The lowest BCUT2D eigenvalue weighted by Crippen LogP contribution is -2.14. The summed E-state index contributed by atoms with van der Waals surface area (Å²) in [6, 6.07) is 12.3. The quantitative estimate of drug-likeness (QED) is 0.839. The van der Waals surface area contributed by atoms with Crippen molar-refractivity contribution in [2.45, 2.75) is 0 Å². The van der Waals surface area contributed by atoms with Crippen LogP contribution in [0.3, 0.4) is 0 Å². The van der Waals surface area contributed by atoms with Crippen LogP contribution in [0.2, 0.25) is 0 Å². The zero-order valence-electron chi connectivity index (χ0n) is 11.3. The second kappa shape index (κ2) is 5.97. The lowest BCUT2D eigenvalue weighted by atomic mass is 10.1. The normalized spacial score (nSPS) is 9.90. The molecule has 0 saturated heterocycles. The number of hydrogen-bond donors (Lipinski definition) is 2. The van der Waals surface area contributed by atoms with E-state index < -0.39 is 0 Å². The third kappa shape index (κ3) is 2.83. The van der Waals surface area contributed by atoms with Gasteiger partial charge in [-0.15, -0.1) is 0 Å². The van der Waals surface area contributed by atoms with Gasteiger partial charge in [-0.25, -0.2) is 0 Å². The Hall–Kier alpha value is -2.69. The smallest absolute Gasteiger partial charge is 0.257 e. The topological polar surface area (TPSA) is 73.6 Å². The zero-order valence-corrected chi connectivity index (χ0v) is 11.3. The summed E-state index contributed by atoms with van der Waals surface area (Å²) in [5.41, 5.74) is 7.25. The zero-order chi connectivity index (χ0) is 14.5. The van der Waals surface area contributed by atoms with Crippen LogP contribution in [0.5, 0.6) is 11.5 Å². The number of carbonyl (C=O) groups excluding carboxylic acids is 1. The molecule has 0 fully saturated rings. The number of anilines is 2. The van der Waals surface area contributed by atoms with Gasteiger partial charge in [0.25, 0.3) is 5.91 Å². The molecule has 5 nitrogen and oxygen atoms in total. The molecule has 2 aromatic carbocycles. The summed E-state index contributed by atoms with van der Waals surface area (Å²) in [6.07, 6.45) is 0. The Bertz CT molecular complexity index is 612. The molecule has 0 aliphatic rings. The van der Waals surface area contributed by atoms with Gasteiger partial charge in [0, 0.05) is 17.4 Å². The second-order valence-corrected chi connectivity index (χ2v) is 4.11. The molecule has 0 aliphatic heterocycles. The first-order valence-corrected chi connectivity index (χ1v) is 6.03. The molecule has 3 N–H and O–H groups in total. The molecule has 2 rings (SSSR count). The number of para-hydroxylation sites is 1. The Morgan fingerprint density at radius 3 is 2.25 bits per heavy atom. The largest absolute Gasteiger partial charge is 0.493 e. The van der Waals surface area contributed by atoms with Crippen LogP contribution in [-0.4, -0.2) is 20.1 Å². The molecule has 20 heavy (non-hydrogen) atoms. The predicted octanol–water partition coefficient (Wildman–Crippen LogP) is 2.54. The average Bonchev–Trinajstić information content (AvgIpc) is 2.47. The highest BCUT2D eigenvalue weighted by Crippen LogP contribution is 2.32. The standard InChI is InChI=1S/C15H16N2O3/c1-19-13-8-11(12(16)9-14(13)20-2)15(18)17-10-6-4-3-5-7-10/h3-9H,16H2,1-2H3,(H,17,18). The fourth-order valence-corrected chi connectivity index (χ4v) is 1.81. The molecule has 0 radical (unpaired) electrons. The van der Waals surface area contributed by atoms with E-state index in [0.717, 1.165) is 0 Å².